The number of amides is 2. The maximum Gasteiger partial charge on any atom is 0.246 e. The summed E-state index contributed by atoms with van der Waals surface area (Å²) in [6, 6.07) is 0.917. The number of carbonyl (C=O) groups is 2. The number of hydrogen-bond donors (Lipinski definition) is 2. The van der Waals surface area contributed by atoms with Gasteiger partial charge in [-0.05, 0) is 25.7 Å². The molecule has 2 N–H and O–H groups in total. The highest BCUT2D eigenvalue weighted by Crippen LogP contribution is 2.35. The maximum atomic E-state index is 12.2. The van der Waals surface area contributed by atoms with E-state index in [2.05, 4.69) is 20.5 Å². The zero-order valence-electron chi connectivity index (χ0n) is 13.2. The number of rotatable bonds is 6. The summed E-state index contributed by atoms with van der Waals surface area (Å²) < 4.78 is 4.86. The molecule has 2 aliphatic rings. The lowest BCUT2D eigenvalue weighted by atomic mass is 9.97. The normalized spacial score (nSPS) is 26.9. The van der Waals surface area contributed by atoms with Gasteiger partial charge in [0.1, 0.15) is 6.61 Å². The average Bonchev–Trinajstić information content (AvgIpc) is 3.06. The molecule has 23 heavy (non-hydrogen) atoms. The molecule has 7 nitrogen and oxygen atoms in total. The Balaban J connectivity index is 1.51. The molecule has 2 saturated heterocycles. The molecule has 3 heterocycles. The molecular formula is C15H22N4O3S. The molecule has 0 spiro atoms. The lowest BCUT2D eigenvalue weighted by Crippen LogP contribution is -2.52. The maximum absolute atomic E-state index is 12.2. The Kier molecular flexibility index (Phi) is 5.24. The fraction of sp³-hybridized carbons (Fsp3) is 0.667. The third-order valence-corrected chi connectivity index (χ3v) is 5.22. The molecule has 0 radical (unpaired) electrons. The Bertz CT molecular complexity index is 537. The fourth-order valence-corrected chi connectivity index (χ4v) is 4.21. The number of hydrogen-bond acceptors (Lipinski definition) is 6. The first-order chi connectivity index (χ1) is 11.2. The van der Waals surface area contributed by atoms with E-state index in [9.17, 15) is 9.59 Å². The molecule has 8 heteroatoms. The molecule has 3 rings (SSSR count). The molecule has 2 atom stereocenters. The Morgan fingerprint density at radius 1 is 1.35 bits per heavy atom. The highest BCUT2D eigenvalue weighted by Gasteiger charge is 2.41. The van der Waals surface area contributed by atoms with Gasteiger partial charge >= 0.3 is 0 Å². The van der Waals surface area contributed by atoms with Gasteiger partial charge in [-0.25, -0.2) is 4.98 Å². The molecule has 0 aliphatic carbocycles. The van der Waals surface area contributed by atoms with Crippen molar-refractivity contribution in [3.8, 4) is 0 Å². The van der Waals surface area contributed by atoms with E-state index < -0.39 is 0 Å². The fourth-order valence-electron chi connectivity index (χ4n) is 3.66. The van der Waals surface area contributed by atoms with Crippen LogP contribution >= 0.6 is 11.3 Å². The highest BCUT2D eigenvalue weighted by molar-refractivity contribution is 7.13. The summed E-state index contributed by atoms with van der Waals surface area (Å²) in [5.41, 5.74) is 0. The number of aromatic nitrogens is 1. The Hall–Kier alpha value is -1.51. The monoisotopic (exact) mass is 338 g/mol. The minimum absolute atomic E-state index is 0.0151. The van der Waals surface area contributed by atoms with Crippen LogP contribution < -0.4 is 10.6 Å². The molecule has 0 saturated carbocycles. The Morgan fingerprint density at radius 2 is 2.09 bits per heavy atom. The number of piperidine rings is 1. The van der Waals surface area contributed by atoms with Crippen LogP contribution in [0.5, 0.6) is 0 Å². The van der Waals surface area contributed by atoms with E-state index >= 15 is 0 Å². The van der Waals surface area contributed by atoms with Gasteiger partial charge in [0, 0.05) is 36.8 Å². The van der Waals surface area contributed by atoms with Crippen molar-refractivity contribution in [2.45, 2.75) is 43.8 Å². The average molecular weight is 338 g/mol. The van der Waals surface area contributed by atoms with E-state index in [1.807, 2.05) is 5.38 Å². The minimum Gasteiger partial charge on any atom is -0.375 e. The molecule has 2 bridgehead atoms. The van der Waals surface area contributed by atoms with Gasteiger partial charge in [-0.1, -0.05) is 0 Å². The van der Waals surface area contributed by atoms with E-state index in [0.29, 0.717) is 23.8 Å². The number of methoxy groups -OCH3 is 1. The standard InChI is InChI=1S/C15H22N4O3S/c1-22-9-14(21)17-10-6-11-2-3-12(7-10)19(11)8-13(20)18-15-16-4-5-23-15/h4-5,10-12H,2-3,6-9H2,1H3,(H,17,21)(H,16,18,20). The zero-order chi connectivity index (χ0) is 16.2. The number of ether oxygens (including phenoxy) is 1. The third kappa shape index (κ3) is 4.07. The van der Waals surface area contributed by atoms with Gasteiger partial charge in [-0.3, -0.25) is 14.5 Å². The van der Waals surface area contributed by atoms with E-state index in [1.54, 1.807) is 6.20 Å². The van der Waals surface area contributed by atoms with Gasteiger partial charge in [0.05, 0.1) is 6.54 Å². The van der Waals surface area contributed by atoms with Gasteiger partial charge < -0.3 is 15.4 Å². The number of carbonyl (C=O) groups excluding carboxylic acids is 2. The van der Waals surface area contributed by atoms with Crippen molar-refractivity contribution >= 4 is 28.3 Å². The second kappa shape index (κ2) is 7.37. The van der Waals surface area contributed by atoms with E-state index in [4.69, 9.17) is 4.74 Å². The Morgan fingerprint density at radius 3 is 2.70 bits per heavy atom. The van der Waals surface area contributed by atoms with E-state index in [-0.39, 0.29) is 24.5 Å². The van der Waals surface area contributed by atoms with Crippen molar-refractivity contribution in [3.05, 3.63) is 11.6 Å². The quantitative estimate of drug-likeness (QED) is 0.803. The summed E-state index contributed by atoms with van der Waals surface area (Å²) in [7, 11) is 1.52. The zero-order valence-corrected chi connectivity index (χ0v) is 14.0. The second-order valence-corrected chi connectivity index (χ2v) is 7.01. The van der Waals surface area contributed by atoms with Crippen LogP contribution in [0.2, 0.25) is 0 Å². The van der Waals surface area contributed by atoms with Crippen LogP contribution in [0.1, 0.15) is 25.7 Å². The molecule has 2 unspecified atom stereocenters. The first kappa shape index (κ1) is 16.4. The molecule has 2 aliphatic heterocycles. The number of fused-ring (bicyclic) bond motifs is 2. The van der Waals surface area contributed by atoms with Gasteiger partial charge in [-0.15, -0.1) is 11.3 Å². The van der Waals surface area contributed by atoms with Gasteiger partial charge in [-0.2, -0.15) is 0 Å². The van der Waals surface area contributed by atoms with Crippen LogP contribution in [0.3, 0.4) is 0 Å². The van der Waals surface area contributed by atoms with Crippen molar-refractivity contribution in [1.29, 1.82) is 0 Å². The highest BCUT2D eigenvalue weighted by atomic mass is 32.1. The molecular weight excluding hydrogens is 316 g/mol. The number of nitrogens with zero attached hydrogens (tertiary/aromatic N) is 2. The topological polar surface area (TPSA) is 83.6 Å². The van der Waals surface area contributed by atoms with Crippen LogP contribution in [0, 0.1) is 0 Å². The number of thiazole rings is 1. The van der Waals surface area contributed by atoms with Gasteiger partial charge in [0.15, 0.2) is 5.13 Å². The van der Waals surface area contributed by atoms with E-state index in [0.717, 1.165) is 25.7 Å². The largest absolute Gasteiger partial charge is 0.375 e. The van der Waals surface area contributed by atoms with Crippen LogP contribution in [0.4, 0.5) is 5.13 Å². The summed E-state index contributed by atoms with van der Waals surface area (Å²) >= 11 is 1.42. The van der Waals surface area contributed by atoms with Gasteiger partial charge in [0.25, 0.3) is 0 Å². The predicted octanol–water partition coefficient (Wildman–Crippen LogP) is 0.840. The van der Waals surface area contributed by atoms with Gasteiger partial charge in [0.2, 0.25) is 11.8 Å². The SMILES string of the molecule is COCC(=O)NC1CC2CCC(C1)N2CC(=O)Nc1nccs1. The molecule has 1 aromatic heterocycles. The molecule has 1 aromatic rings. The third-order valence-electron chi connectivity index (χ3n) is 4.53. The molecule has 0 aromatic carbocycles. The first-order valence-electron chi connectivity index (χ1n) is 7.89. The lowest BCUT2D eigenvalue weighted by Gasteiger charge is -2.38. The minimum atomic E-state index is -0.0631. The van der Waals surface area contributed by atoms with E-state index in [1.165, 1.54) is 18.4 Å². The summed E-state index contributed by atoms with van der Waals surface area (Å²) in [5.74, 6) is -0.0782. The van der Waals surface area contributed by atoms with Crippen molar-refractivity contribution in [2.24, 2.45) is 0 Å². The number of anilines is 1. The molecule has 126 valence electrons. The van der Waals surface area contributed by atoms with Crippen molar-refractivity contribution in [1.82, 2.24) is 15.2 Å². The smallest absolute Gasteiger partial charge is 0.246 e. The summed E-state index contributed by atoms with van der Waals surface area (Å²) in [6.45, 7) is 0.499. The second-order valence-electron chi connectivity index (χ2n) is 6.11. The molecule has 2 fully saturated rings. The van der Waals surface area contributed by atoms with Crippen LogP contribution in [0.25, 0.3) is 0 Å². The predicted molar refractivity (Wildman–Crippen MR) is 87.3 cm³/mol. The number of nitrogens with one attached hydrogen (secondary N) is 2. The Labute approximate surface area is 139 Å². The van der Waals surface area contributed by atoms with Crippen LogP contribution in [-0.4, -0.2) is 60.1 Å². The first-order valence-corrected chi connectivity index (χ1v) is 8.77. The summed E-state index contributed by atoms with van der Waals surface area (Å²) in [6.07, 6.45) is 5.66. The summed E-state index contributed by atoms with van der Waals surface area (Å²) in [5, 5.41) is 8.35. The van der Waals surface area contributed by atoms with Crippen LogP contribution in [-0.2, 0) is 14.3 Å². The van der Waals surface area contributed by atoms with Crippen molar-refractivity contribution in [2.75, 3.05) is 25.6 Å². The molecule has 2 amide bonds. The van der Waals surface area contributed by atoms with Crippen molar-refractivity contribution in [3.63, 3.8) is 0 Å². The summed E-state index contributed by atoms with van der Waals surface area (Å²) in [4.78, 5) is 30.2. The lowest BCUT2D eigenvalue weighted by molar-refractivity contribution is -0.126. The van der Waals surface area contributed by atoms with Crippen molar-refractivity contribution < 1.29 is 14.3 Å². The van der Waals surface area contributed by atoms with Crippen LogP contribution in [0.15, 0.2) is 11.6 Å².